The van der Waals surface area contributed by atoms with Gasteiger partial charge in [-0.05, 0) is 47.6 Å². The minimum atomic E-state index is -1.13. The van der Waals surface area contributed by atoms with E-state index in [1.54, 1.807) is 4.57 Å². The molecular formula is C28H31ClN8O8. The number of unbranched alkanes of at least 4 members (excludes halogenated alkanes) is 2. The number of aromatic amines is 1. The van der Waals surface area contributed by atoms with Crippen molar-refractivity contribution in [1.29, 1.82) is 0 Å². The standard InChI is InChI=1S/C28H31ClN8O8/c1-2-3-11-24-30-26(29)25(28(38)43-16-7-6-8-21(45-37(41)42)18-44-36(39)40)35(24)17-19-12-14-20(15-13-19)22-9-4-5-10-23(22)27-31-33-34-32-27/h4-5,9-10,12-15,21H,2-3,6-8,11,16-18H2,1H3,(H,31,32,33,34)/t21-/m1/s1. The Morgan fingerprint density at radius 1 is 1.04 bits per heavy atom. The topological polar surface area (TPSA) is 203 Å². The largest absolute Gasteiger partial charge is 0.461 e. The summed E-state index contributed by atoms with van der Waals surface area (Å²) in [5.41, 5.74) is 3.75. The molecule has 0 radical (unpaired) electrons. The first kappa shape index (κ1) is 32.8. The highest BCUT2D eigenvalue weighted by molar-refractivity contribution is 6.32. The lowest BCUT2D eigenvalue weighted by atomic mass is 9.98. The second kappa shape index (κ2) is 16.1. The first-order chi connectivity index (χ1) is 21.8. The van der Waals surface area contributed by atoms with E-state index in [0.717, 1.165) is 35.1 Å². The number of nitrogens with zero attached hydrogens (tertiary/aromatic N) is 7. The average Bonchev–Trinajstić information content (AvgIpc) is 3.66. The molecule has 0 fully saturated rings. The molecule has 4 aromatic rings. The van der Waals surface area contributed by atoms with E-state index in [9.17, 15) is 25.0 Å². The highest BCUT2D eigenvalue weighted by Gasteiger charge is 2.24. The van der Waals surface area contributed by atoms with Gasteiger partial charge in [0.1, 0.15) is 18.5 Å². The maximum absolute atomic E-state index is 13.2. The predicted octanol–water partition coefficient (Wildman–Crippen LogP) is 4.89. The van der Waals surface area contributed by atoms with Crippen molar-refractivity contribution in [3.8, 4) is 22.5 Å². The van der Waals surface area contributed by atoms with Crippen molar-refractivity contribution in [3.63, 3.8) is 0 Å². The smallest absolute Gasteiger partial charge is 0.358 e. The van der Waals surface area contributed by atoms with Crippen LogP contribution in [0.4, 0.5) is 0 Å². The number of aryl methyl sites for hydroxylation is 1. The Labute approximate surface area is 261 Å². The highest BCUT2D eigenvalue weighted by atomic mass is 35.5. The Morgan fingerprint density at radius 2 is 1.80 bits per heavy atom. The molecule has 0 unspecified atom stereocenters. The van der Waals surface area contributed by atoms with E-state index in [-0.39, 0.29) is 23.9 Å². The van der Waals surface area contributed by atoms with Gasteiger partial charge in [-0.3, -0.25) is 0 Å². The highest BCUT2D eigenvalue weighted by Crippen LogP contribution is 2.30. The number of nitrogens with one attached hydrogen (secondary N) is 1. The third kappa shape index (κ3) is 9.18. The van der Waals surface area contributed by atoms with Crippen LogP contribution < -0.4 is 0 Å². The number of hydrogen-bond acceptors (Lipinski definition) is 12. The molecule has 0 spiro atoms. The fraction of sp³-hybridized carbons (Fsp3) is 0.393. The van der Waals surface area contributed by atoms with Crippen LogP contribution in [0.1, 0.15) is 60.9 Å². The second-order valence-electron chi connectivity index (χ2n) is 9.94. The predicted molar refractivity (Wildman–Crippen MR) is 159 cm³/mol. The summed E-state index contributed by atoms with van der Waals surface area (Å²) in [4.78, 5) is 47.3. The SMILES string of the molecule is CCCCc1nc(Cl)c(C(=O)OCCCC[C@H](CO[N+](=O)[O-])O[N+](=O)[O-])n1Cc1ccc(-c2ccccc2-c2nn[nH]n2)cc1. The maximum atomic E-state index is 13.2. The van der Waals surface area contributed by atoms with E-state index in [0.29, 0.717) is 37.5 Å². The van der Waals surface area contributed by atoms with Gasteiger partial charge in [-0.1, -0.05) is 73.5 Å². The van der Waals surface area contributed by atoms with Gasteiger partial charge in [-0.2, -0.15) is 5.21 Å². The van der Waals surface area contributed by atoms with E-state index < -0.39 is 28.9 Å². The van der Waals surface area contributed by atoms with Gasteiger partial charge in [0.15, 0.2) is 10.8 Å². The molecule has 0 saturated heterocycles. The molecule has 4 rings (SSSR count). The fourth-order valence-electron chi connectivity index (χ4n) is 4.68. The molecule has 17 heteroatoms. The van der Waals surface area contributed by atoms with Crippen LogP contribution in [0.25, 0.3) is 22.5 Å². The molecule has 0 amide bonds. The van der Waals surface area contributed by atoms with Crippen LogP contribution in [0.3, 0.4) is 0 Å². The minimum absolute atomic E-state index is 0.0135. The monoisotopic (exact) mass is 642 g/mol. The van der Waals surface area contributed by atoms with E-state index in [1.807, 2.05) is 48.5 Å². The van der Waals surface area contributed by atoms with Gasteiger partial charge < -0.3 is 19.0 Å². The van der Waals surface area contributed by atoms with Gasteiger partial charge in [0, 0.05) is 18.5 Å². The first-order valence-corrected chi connectivity index (χ1v) is 14.6. The molecular weight excluding hydrogens is 612 g/mol. The zero-order valence-corrected chi connectivity index (χ0v) is 25.1. The number of ether oxygens (including phenoxy) is 1. The number of hydrogen-bond donors (Lipinski definition) is 1. The van der Waals surface area contributed by atoms with Crippen LogP contribution in [0.5, 0.6) is 0 Å². The number of tetrazole rings is 1. The van der Waals surface area contributed by atoms with Crippen molar-refractivity contribution in [2.75, 3.05) is 13.2 Å². The van der Waals surface area contributed by atoms with Crippen LogP contribution in [0.2, 0.25) is 5.15 Å². The minimum Gasteiger partial charge on any atom is -0.461 e. The van der Waals surface area contributed by atoms with E-state index in [1.165, 1.54) is 0 Å². The first-order valence-electron chi connectivity index (χ1n) is 14.2. The molecule has 0 aliphatic heterocycles. The number of benzene rings is 2. The summed E-state index contributed by atoms with van der Waals surface area (Å²) in [6, 6.07) is 15.6. The number of aromatic nitrogens is 6. The molecule has 1 atom stereocenters. The lowest BCUT2D eigenvalue weighted by Crippen LogP contribution is -2.24. The lowest BCUT2D eigenvalue weighted by Gasteiger charge is -2.14. The van der Waals surface area contributed by atoms with E-state index in [4.69, 9.17) is 16.3 Å². The summed E-state index contributed by atoms with van der Waals surface area (Å²) in [5.74, 6) is 0.488. The lowest BCUT2D eigenvalue weighted by molar-refractivity contribution is -0.790. The summed E-state index contributed by atoms with van der Waals surface area (Å²) < 4.78 is 7.24. The molecule has 45 heavy (non-hydrogen) atoms. The summed E-state index contributed by atoms with van der Waals surface area (Å²) in [5, 5.41) is 33.3. The molecule has 2 heterocycles. The number of rotatable bonds is 18. The molecule has 0 saturated carbocycles. The summed E-state index contributed by atoms with van der Waals surface area (Å²) in [7, 11) is 0. The van der Waals surface area contributed by atoms with Gasteiger partial charge in [-0.25, -0.2) is 9.78 Å². The van der Waals surface area contributed by atoms with Gasteiger partial charge in [-0.15, -0.1) is 30.4 Å². The molecule has 1 N–H and O–H groups in total. The average molecular weight is 643 g/mol. The van der Waals surface area contributed by atoms with Crippen molar-refractivity contribution in [2.45, 2.75) is 58.1 Å². The third-order valence-electron chi connectivity index (χ3n) is 6.82. The maximum Gasteiger partial charge on any atom is 0.358 e. The molecule has 0 aliphatic carbocycles. The van der Waals surface area contributed by atoms with Crippen LogP contribution in [0, 0.1) is 20.2 Å². The summed E-state index contributed by atoms with van der Waals surface area (Å²) in [6.45, 7) is 1.78. The number of carbonyl (C=O) groups is 1. The van der Waals surface area contributed by atoms with E-state index >= 15 is 0 Å². The molecule has 238 valence electrons. The quantitative estimate of drug-likeness (QED) is 0.0667. The van der Waals surface area contributed by atoms with Crippen LogP contribution in [0.15, 0.2) is 48.5 Å². The molecule has 0 bridgehead atoms. The molecule has 0 aliphatic rings. The summed E-state index contributed by atoms with van der Waals surface area (Å²) in [6.07, 6.45) is 1.99. The number of carbonyl (C=O) groups excluding carboxylic acids is 1. The van der Waals surface area contributed by atoms with Gasteiger partial charge in [0.05, 0.1) is 6.61 Å². The molecule has 2 aromatic carbocycles. The Kier molecular flexibility index (Phi) is 11.7. The van der Waals surface area contributed by atoms with Crippen LogP contribution in [-0.2, 0) is 27.4 Å². The molecule has 2 aromatic heterocycles. The Hall–Kier alpha value is -5.12. The van der Waals surface area contributed by atoms with Crippen molar-refractivity contribution in [3.05, 3.63) is 91.0 Å². The Balaban J connectivity index is 1.44. The normalized spacial score (nSPS) is 11.6. The van der Waals surface area contributed by atoms with Gasteiger partial charge in [0.25, 0.3) is 10.2 Å². The number of esters is 1. The number of imidazole rings is 1. The van der Waals surface area contributed by atoms with Crippen molar-refractivity contribution in [1.82, 2.24) is 30.2 Å². The van der Waals surface area contributed by atoms with E-state index in [2.05, 4.69) is 42.2 Å². The summed E-state index contributed by atoms with van der Waals surface area (Å²) >= 11 is 6.45. The van der Waals surface area contributed by atoms with Crippen LogP contribution >= 0.6 is 11.6 Å². The molecule has 16 nitrogen and oxygen atoms in total. The van der Waals surface area contributed by atoms with Crippen LogP contribution in [-0.4, -0.2) is 65.6 Å². The van der Waals surface area contributed by atoms with Crippen molar-refractivity contribution < 1.29 is 29.4 Å². The van der Waals surface area contributed by atoms with Gasteiger partial charge in [0.2, 0.25) is 5.82 Å². The zero-order valence-electron chi connectivity index (χ0n) is 24.3. The number of H-pyrrole nitrogens is 1. The fourth-order valence-corrected chi connectivity index (χ4v) is 4.95. The van der Waals surface area contributed by atoms with Crippen molar-refractivity contribution >= 4 is 17.6 Å². The van der Waals surface area contributed by atoms with Crippen molar-refractivity contribution in [2.24, 2.45) is 0 Å². The zero-order chi connectivity index (χ0) is 32.2. The third-order valence-corrected chi connectivity index (χ3v) is 7.09. The second-order valence-corrected chi connectivity index (χ2v) is 10.3. The number of halogens is 1. The Morgan fingerprint density at radius 3 is 2.47 bits per heavy atom. The Bertz CT molecular complexity index is 1580. The van der Waals surface area contributed by atoms with Gasteiger partial charge >= 0.3 is 5.97 Å².